The van der Waals surface area contributed by atoms with Crippen LogP contribution in [-0.2, 0) is 23.1 Å². The maximum absolute atomic E-state index is 12.8. The zero-order chi connectivity index (χ0) is 23.8. The summed E-state index contributed by atoms with van der Waals surface area (Å²) in [6, 6.07) is 23.0. The number of rotatable bonds is 10. The van der Waals surface area contributed by atoms with Gasteiger partial charge >= 0.3 is 0 Å². The minimum Gasteiger partial charge on any atom is -0.348 e. The van der Waals surface area contributed by atoms with Crippen molar-refractivity contribution in [3.8, 4) is 11.1 Å². The average Bonchev–Trinajstić information content (AvgIpc) is 2.77. The molecule has 0 aliphatic carbocycles. The first-order chi connectivity index (χ1) is 15.8. The molecule has 1 amide bonds. The maximum Gasteiger partial charge on any atom is 0.251 e. The number of nitrogens with one attached hydrogen (secondary N) is 2. The molecular formula is C26H31N3O3S. The van der Waals surface area contributed by atoms with Gasteiger partial charge in [-0.2, -0.15) is 0 Å². The molecule has 174 valence electrons. The van der Waals surface area contributed by atoms with Crippen molar-refractivity contribution in [3.63, 3.8) is 0 Å². The largest absolute Gasteiger partial charge is 0.348 e. The molecule has 0 spiro atoms. The fourth-order valence-electron chi connectivity index (χ4n) is 3.61. The molecule has 0 unspecified atom stereocenters. The first-order valence-corrected chi connectivity index (χ1v) is 12.6. The summed E-state index contributed by atoms with van der Waals surface area (Å²) in [6.45, 7) is 3.05. The van der Waals surface area contributed by atoms with E-state index in [1.54, 1.807) is 31.2 Å². The molecule has 0 aliphatic heterocycles. The molecule has 3 aromatic rings. The summed E-state index contributed by atoms with van der Waals surface area (Å²) in [5.74, 6) is -0.223. The van der Waals surface area contributed by atoms with Crippen molar-refractivity contribution in [1.82, 2.24) is 10.2 Å². The molecular weight excluding hydrogens is 434 g/mol. The monoisotopic (exact) mass is 465 g/mol. The van der Waals surface area contributed by atoms with E-state index in [-0.39, 0.29) is 11.7 Å². The van der Waals surface area contributed by atoms with Crippen molar-refractivity contribution in [2.24, 2.45) is 0 Å². The van der Waals surface area contributed by atoms with E-state index in [4.69, 9.17) is 0 Å². The Morgan fingerprint density at radius 1 is 0.939 bits per heavy atom. The normalized spacial score (nSPS) is 11.4. The zero-order valence-electron chi connectivity index (χ0n) is 19.3. The van der Waals surface area contributed by atoms with Gasteiger partial charge in [-0.1, -0.05) is 61.5 Å². The van der Waals surface area contributed by atoms with Crippen LogP contribution in [0.15, 0.2) is 72.8 Å². The number of carbonyl (C=O) groups excluding carboxylic acids is 1. The number of hydrogen-bond acceptors (Lipinski definition) is 4. The Morgan fingerprint density at radius 2 is 1.67 bits per heavy atom. The summed E-state index contributed by atoms with van der Waals surface area (Å²) in [7, 11) is 0.674. The summed E-state index contributed by atoms with van der Waals surface area (Å²) in [5.41, 5.74) is 5.19. The molecule has 7 heteroatoms. The van der Waals surface area contributed by atoms with E-state index in [1.807, 2.05) is 38.4 Å². The lowest BCUT2D eigenvalue weighted by Crippen LogP contribution is -2.23. The van der Waals surface area contributed by atoms with E-state index in [1.165, 1.54) is 5.56 Å². The molecule has 3 rings (SSSR count). The van der Waals surface area contributed by atoms with Gasteiger partial charge in [-0.05, 0) is 61.0 Å². The number of benzene rings is 3. The number of hydrogen-bond donors (Lipinski definition) is 2. The third kappa shape index (κ3) is 7.17. The lowest BCUT2D eigenvalue weighted by atomic mass is 9.98. The van der Waals surface area contributed by atoms with Gasteiger partial charge in [-0.15, -0.1) is 0 Å². The minimum atomic E-state index is -3.41. The van der Waals surface area contributed by atoms with Crippen LogP contribution in [0.4, 0.5) is 5.69 Å². The summed E-state index contributed by atoms with van der Waals surface area (Å²) >= 11 is 0. The number of amides is 1. The van der Waals surface area contributed by atoms with Gasteiger partial charge in [-0.3, -0.25) is 9.52 Å². The first-order valence-electron chi connectivity index (χ1n) is 11.0. The number of carbonyl (C=O) groups is 1. The van der Waals surface area contributed by atoms with Crippen LogP contribution >= 0.6 is 0 Å². The first kappa shape index (κ1) is 24.5. The third-order valence-corrected chi connectivity index (χ3v) is 6.58. The van der Waals surface area contributed by atoms with Gasteiger partial charge in [0.25, 0.3) is 5.91 Å². The summed E-state index contributed by atoms with van der Waals surface area (Å²) < 4.78 is 26.6. The topological polar surface area (TPSA) is 78.5 Å². The predicted molar refractivity (Wildman–Crippen MR) is 135 cm³/mol. The van der Waals surface area contributed by atoms with Gasteiger partial charge in [-0.25, -0.2) is 8.42 Å². The molecule has 33 heavy (non-hydrogen) atoms. The summed E-state index contributed by atoms with van der Waals surface area (Å²) in [6.07, 6.45) is 0.521. The van der Waals surface area contributed by atoms with E-state index in [2.05, 4.69) is 39.2 Å². The van der Waals surface area contributed by atoms with E-state index in [0.29, 0.717) is 24.2 Å². The molecule has 0 radical (unpaired) electrons. The van der Waals surface area contributed by atoms with Crippen molar-refractivity contribution in [2.75, 3.05) is 24.6 Å². The molecule has 0 bridgehead atoms. The highest BCUT2D eigenvalue weighted by Crippen LogP contribution is 2.24. The molecule has 0 aromatic heterocycles. The Kier molecular flexibility index (Phi) is 8.25. The van der Waals surface area contributed by atoms with Crippen molar-refractivity contribution in [3.05, 3.63) is 89.5 Å². The van der Waals surface area contributed by atoms with Crippen LogP contribution in [0.2, 0.25) is 0 Å². The molecule has 0 saturated heterocycles. The lowest BCUT2D eigenvalue weighted by Gasteiger charge is -2.13. The second-order valence-electron chi connectivity index (χ2n) is 8.28. The standard InChI is InChI=1S/C26H31N3O3S/c1-4-16-33(31,32)28-24-10-7-9-22(17-24)26(30)27-18-23-8-5-6-11-25(23)21-14-12-20(13-15-21)19-29(2)3/h5-15,17,28H,4,16,18-19H2,1-3H3,(H,27,30). The van der Waals surface area contributed by atoms with Gasteiger partial charge in [0.05, 0.1) is 5.75 Å². The molecule has 0 aliphatic rings. The number of sulfonamides is 1. The summed E-state index contributed by atoms with van der Waals surface area (Å²) in [5, 5.41) is 2.96. The Balaban J connectivity index is 1.71. The second kappa shape index (κ2) is 11.1. The molecule has 6 nitrogen and oxygen atoms in total. The fraction of sp³-hybridized carbons (Fsp3) is 0.269. The van der Waals surface area contributed by atoms with E-state index in [9.17, 15) is 13.2 Å². The average molecular weight is 466 g/mol. The predicted octanol–water partition coefficient (Wildman–Crippen LogP) is 4.50. The van der Waals surface area contributed by atoms with Crippen LogP contribution in [-0.4, -0.2) is 39.1 Å². The fourth-order valence-corrected chi connectivity index (χ4v) is 4.74. The lowest BCUT2D eigenvalue weighted by molar-refractivity contribution is 0.0951. The zero-order valence-corrected chi connectivity index (χ0v) is 20.2. The quantitative estimate of drug-likeness (QED) is 0.462. The van der Waals surface area contributed by atoms with Gasteiger partial charge in [0.1, 0.15) is 0 Å². The molecule has 3 aromatic carbocycles. The Morgan fingerprint density at radius 3 is 2.36 bits per heavy atom. The van der Waals surface area contributed by atoms with Crippen LogP contribution in [0.3, 0.4) is 0 Å². The van der Waals surface area contributed by atoms with Gasteiger partial charge in [0.15, 0.2) is 0 Å². The highest BCUT2D eigenvalue weighted by molar-refractivity contribution is 7.92. The van der Waals surface area contributed by atoms with Crippen LogP contribution in [0.5, 0.6) is 0 Å². The Labute approximate surface area is 196 Å². The van der Waals surface area contributed by atoms with Crippen LogP contribution < -0.4 is 10.0 Å². The maximum atomic E-state index is 12.8. The van der Waals surface area contributed by atoms with Gasteiger partial charge in [0.2, 0.25) is 10.0 Å². The highest BCUT2D eigenvalue weighted by atomic mass is 32.2. The van der Waals surface area contributed by atoms with Gasteiger partial charge < -0.3 is 10.2 Å². The van der Waals surface area contributed by atoms with Crippen molar-refractivity contribution in [1.29, 1.82) is 0 Å². The third-order valence-electron chi connectivity index (χ3n) is 5.09. The minimum absolute atomic E-state index is 0.0380. The Bertz CT molecular complexity index is 1190. The van der Waals surface area contributed by atoms with Crippen molar-refractivity contribution >= 4 is 21.6 Å². The van der Waals surface area contributed by atoms with Crippen LogP contribution in [0.25, 0.3) is 11.1 Å². The molecule has 0 heterocycles. The van der Waals surface area contributed by atoms with Crippen LogP contribution in [0, 0.1) is 0 Å². The molecule has 0 saturated carbocycles. The highest BCUT2D eigenvalue weighted by Gasteiger charge is 2.12. The van der Waals surface area contributed by atoms with E-state index in [0.717, 1.165) is 23.2 Å². The Hall–Kier alpha value is -3.16. The molecule has 0 fully saturated rings. The van der Waals surface area contributed by atoms with Crippen LogP contribution in [0.1, 0.15) is 34.8 Å². The number of nitrogens with zero attached hydrogens (tertiary/aromatic N) is 1. The second-order valence-corrected chi connectivity index (χ2v) is 10.1. The van der Waals surface area contributed by atoms with E-state index >= 15 is 0 Å². The van der Waals surface area contributed by atoms with Crippen molar-refractivity contribution in [2.45, 2.75) is 26.4 Å². The van der Waals surface area contributed by atoms with Gasteiger partial charge in [0, 0.05) is 24.3 Å². The molecule has 0 atom stereocenters. The molecule has 2 N–H and O–H groups in total. The summed E-state index contributed by atoms with van der Waals surface area (Å²) in [4.78, 5) is 14.9. The SMILES string of the molecule is CCCS(=O)(=O)Nc1cccc(C(=O)NCc2ccccc2-c2ccc(CN(C)C)cc2)c1. The smallest absolute Gasteiger partial charge is 0.251 e. The van der Waals surface area contributed by atoms with Crippen molar-refractivity contribution < 1.29 is 13.2 Å². The number of anilines is 1. The van der Waals surface area contributed by atoms with E-state index < -0.39 is 10.0 Å².